The Labute approximate surface area is 158 Å². The summed E-state index contributed by atoms with van der Waals surface area (Å²) in [6.45, 7) is 4.44. The second kappa shape index (κ2) is 8.18. The zero-order valence-electron chi connectivity index (χ0n) is 16.5. The van der Waals surface area contributed by atoms with E-state index in [-0.39, 0.29) is 11.8 Å². The van der Waals surface area contributed by atoms with Gasteiger partial charge in [-0.3, -0.25) is 4.79 Å². The van der Waals surface area contributed by atoms with Crippen molar-refractivity contribution in [3.05, 3.63) is 71.8 Å². The molecule has 2 heteroatoms. The van der Waals surface area contributed by atoms with Crippen LogP contribution in [0.15, 0.2) is 60.7 Å². The van der Waals surface area contributed by atoms with E-state index in [2.05, 4.69) is 88.6 Å². The minimum absolute atomic E-state index is 0.0794. The summed E-state index contributed by atoms with van der Waals surface area (Å²) >= 11 is 0. The number of quaternary nitrogens is 1. The predicted molar refractivity (Wildman–Crippen MR) is 108 cm³/mol. The third-order valence-corrected chi connectivity index (χ3v) is 6.41. The van der Waals surface area contributed by atoms with Crippen LogP contribution in [0.4, 0.5) is 0 Å². The Hall–Kier alpha value is -1.93. The van der Waals surface area contributed by atoms with Gasteiger partial charge in [0.2, 0.25) is 0 Å². The van der Waals surface area contributed by atoms with Crippen molar-refractivity contribution in [1.29, 1.82) is 0 Å². The van der Waals surface area contributed by atoms with Gasteiger partial charge in [-0.25, -0.2) is 0 Å². The molecule has 0 bridgehead atoms. The number of nitrogens with one attached hydrogen (secondary N) is 1. The van der Waals surface area contributed by atoms with Crippen LogP contribution in [0, 0.1) is 11.8 Å². The molecule has 2 aromatic carbocycles. The van der Waals surface area contributed by atoms with Crippen LogP contribution in [0.1, 0.15) is 49.7 Å². The largest absolute Gasteiger partial charge is 0.337 e. The summed E-state index contributed by atoms with van der Waals surface area (Å²) in [6.07, 6.45) is 1.80. The molecular weight excluding hydrogens is 318 g/mol. The Morgan fingerprint density at radius 2 is 1.50 bits per heavy atom. The highest BCUT2D eigenvalue weighted by Crippen LogP contribution is 2.49. The zero-order chi connectivity index (χ0) is 18.7. The number of benzene rings is 2. The van der Waals surface area contributed by atoms with Gasteiger partial charge in [0.25, 0.3) is 0 Å². The molecule has 1 aliphatic rings. The Bertz CT molecular complexity index is 710. The molecule has 2 nitrogen and oxygen atoms in total. The van der Waals surface area contributed by atoms with Gasteiger partial charge in [-0.2, -0.15) is 0 Å². The molecule has 5 unspecified atom stereocenters. The first-order valence-corrected chi connectivity index (χ1v) is 9.97. The van der Waals surface area contributed by atoms with Crippen LogP contribution in [-0.2, 0) is 4.79 Å². The SMILES string of the molecule is CCC(C1C(c2ccccc2)CC(=O)C(C)C1c1ccccc1)[NH+](C)C. The van der Waals surface area contributed by atoms with Gasteiger partial charge >= 0.3 is 0 Å². The quantitative estimate of drug-likeness (QED) is 0.872. The first-order chi connectivity index (χ1) is 12.5. The highest BCUT2D eigenvalue weighted by Gasteiger charge is 2.48. The maximum atomic E-state index is 13.0. The van der Waals surface area contributed by atoms with Crippen LogP contribution in [0.2, 0.25) is 0 Å². The van der Waals surface area contributed by atoms with E-state index in [1.54, 1.807) is 0 Å². The molecule has 138 valence electrons. The third kappa shape index (κ3) is 3.61. The van der Waals surface area contributed by atoms with Crippen molar-refractivity contribution in [3.63, 3.8) is 0 Å². The number of hydrogen-bond donors (Lipinski definition) is 1. The Balaban J connectivity index is 2.12. The highest BCUT2D eigenvalue weighted by molar-refractivity contribution is 5.84. The van der Waals surface area contributed by atoms with Crippen LogP contribution < -0.4 is 4.90 Å². The minimum atomic E-state index is 0.0794. The lowest BCUT2D eigenvalue weighted by atomic mass is 9.59. The van der Waals surface area contributed by atoms with Gasteiger partial charge < -0.3 is 4.90 Å². The molecule has 0 radical (unpaired) electrons. The van der Waals surface area contributed by atoms with Crippen LogP contribution in [0.5, 0.6) is 0 Å². The Kier molecular flexibility index (Phi) is 5.93. The van der Waals surface area contributed by atoms with Crippen molar-refractivity contribution in [2.24, 2.45) is 11.8 Å². The average Bonchev–Trinajstić information content (AvgIpc) is 2.66. The number of carbonyl (C=O) groups excluding carboxylic acids is 1. The molecule has 0 saturated heterocycles. The second-order valence-corrected chi connectivity index (χ2v) is 8.08. The van der Waals surface area contributed by atoms with Crippen molar-refractivity contribution in [3.8, 4) is 0 Å². The molecule has 0 aromatic heterocycles. The maximum Gasteiger partial charge on any atom is 0.136 e. The van der Waals surface area contributed by atoms with Crippen molar-refractivity contribution in [2.45, 2.75) is 44.6 Å². The first kappa shape index (κ1) is 18.8. The molecule has 0 spiro atoms. The zero-order valence-corrected chi connectivity index (χ0v) is 16.5. The molecule has 0 heterocycles. The molecule has 5 atom stereocenters. The number of carbonyl (C=O) groups is 1. The normalized spacial score (nSPS) is 27.5. The second-order valence-electron chi connectivity index (χ2n) is 8.08. The van der Waals surface area contributed by atoms with Crippen molar-refractivity contribution >= 4 is 5.78 Å². The maximum absolute atomic E-state index is 13.0. The van der Waals surface area contributed by atoms with Crippen molar-refractivity contribution < 1.29 is 9.69 Å². The smallest absolute Gasteiger partial charge is 0.136 e. The number of ketones is 1. The van der Waals surface area contributed by atoms with Gasteiger partial charge in [-0.1, -0.05) is 74.5 Å². The lowest BCUT2D eigenvalue weighted by Gasteiger charge is -2.45. The molecule has 1 saturated carbocycles. The summed E-state index contributed by atoms with van der Waals surface area (Å²) in [7, 11) is 4.53. The average molecular weight is 351 g/mol. The summed E-state index contributed by atoms with van der Waals surface area (Å²) < 4.78 is 0. The molecule has 0 amide bonds. The van der Waals surface area contributed by atoms with Crippen LogP contribution >= 0.6 is 0 Å². The van der Waals surface area contributed by atoms with Gasteiger partial charge in [0.15, 0.2) is 0 Å². The molecular formula is C24H32NO+. The lowest BCUT2D eigenvalue weighted by Crippen LogP contribution is -3.11. The van der Waals surface area contributed by atoms with E-state index in [4.69, 9.17) is 0 Å². The third-order valence-electron chi connectivity index (χ3n) is 6.41. The number of rotatable bonds is 5. The lowest BCUT2D eigenvalue weighted by molar-refractivity contribution is -0.891. The summed E-state index contributed by atoms with van der Waals surface area (Å²) in [6, 6.07) is 21.9. The van der Waals surface area contributed by atoms with Crippen LogP contribution in [0.3, 0.4) is 0 Å². The van der Waals surface area contributed by atoms with Crippen molar-refractivity contribution in [1.82, 2.24) is 0 Å². The van der Waals surface area contributed by atoms with Crippen LogP contribution in [0.25, 0.3) is 0 Å². The van der Waals surface area contributed by atoms with Gasteiger partial charge in [0, 0.05) is 24.2 Å². The monoisotopic (exact) mass is 350 g/mol. The van der Waals surface area contributed by atoms with Gasteiger partial charge in [-0.15, -0.1) is 0 Å². The molecule has 3 rings (SSSR count). The molecule has 0 aliphatic heterocycles. The van der Waals surface area contributed by atoms with Gasteiger partial charge in [0.05, 0.1) is 20.1 Å². The van der Waals surface area contributed by atoms with E-state index in [1.807, 2.05) is 0 Å². The Morgan fingerprint density at radius 3 is 2.00 bits per heavy atom. The Morgan fingerprint density at radius 1 is 0.962 bits per heavy atom. The standard InChI is InChI=1S/C24H31NO/c1-5-21(25(3)4)24-20(18-12-8-6-9-13-18)16-22(26)17(2)23(24)19-14-10-7-11-15-19/h6-15,17,20-21,23-24H,5,16H2,1-4H3/p+1. The minimum Gasteiger partial charge on any atom is -0.337 e. The van der Waals surface area contributed by atoms with Crippen molar-refractivity contribution in [2.75, 3.05) is 14.1 Å². The molecule has 26 heavy (non-hydrogen) atoms. The highest BCUT2D eigenvalue weighted by atomic mass is 16.1. The first-order valence-electron chi connectivity index (χ1n) is 9.97. The van der Waals surface area contributed by atoms with Crippen LogP contribution in [-0.4, -0.2) is 25.9 Å². The molecule has 1 aliphatic carbocycles. The fourth-order valence-electron chi connectivity index (χ4n) is 5.15. The molecule has 1 N–H and O–H groups in total. The number of Topliss-reactive ketones (excluding diaryl/α,β-unsaturated/α-hetero) is 1. The summed E-state index contributed by atoms with van der Waals surface area (Å²) in [5.41, 5.74) is 2.64. The van der Waals surface area contributed by atoms with E-state index >= 15 is 0 Å². The molecule has 1 fully saturated rings. The van der Waals surface area contributed by atoms with Gasteiger partial charge in [-0.05, 0) is 23.5 Å². The summed E-state index contributed by atoms with van der Waals surface area (Å²) in [4.78, 5) is 14.5. The summed E-state index contributed by atoms with van der Waals surface area (Å²) in [5, 5.41) is 0. The predicted octanol–water partition coefficient (Wildman–Crippen LogP) is 3.70. The number of hydrogen-bond acceptors (Lipinski definition) is 1. The summed E-state index contributed by atoms with van der Waals surface area (Å²) in [5.74, 6) is 1.53. The molecule has 2 aromatic rings. The van der Waals surface area contributed by atoms with E-state index in [0.717, 1.165) is 6.42 Å². The topological polar surface area (TPSA) is 21.5 Å². The van der Waals surface area contributed by atoms with E-state index < -0.39 is 0 Å². The fraction of sp³-hybridized carbons (Fsp3) is 0.458. The van der Waals surface area contributed by atoms with E-state index in [0.29, 0.717) is 30.1 Å². The van der Waals surface area contributed by atoms with Gasteiger partial charge in [0.1, 0.15) is 5.78 Å². The van der Waals surface area contributed by atoms with E-state index in [9.17, 15) is 4.79 Å². The van der Waals surface area contributed by atoms with E-state index in [1.165, 1.54) is 16.0 Å². The fourth-order valence-corrected chi connectivity index (χ4v) is 5.15.